The minimum Gasteiger partial charge on any atom is -0.336 e. The monoisotopic (exact) mass is 501 g/mol. The first kappa shape index (κ1) is 21.6. The fourth-order valence-electron chi connectivity index (χ4n) is 4.12. The number of carbonyl (C=O) groups excluding carboxylic acids is 1. The minimum absolute atomic E-state index is 0.0765. The van der Waals surface area contributed by atoms with Crippen molar-refractivity contribution >= 4 is 21.8 Å². The first-order chi connectivity index (χ1) is 16.2. The van der Waals surface area contributed by atoms with E-state index in [1.165, 1.54) is 5.56 Å². The maximum Gasteiger partial charge on any atom is 0.253 e. The normalized spacial score (nSPS) is 14.4. The maximum atomic E-state index is 13.1. The second-order valence-corrected chi connectivity index (χ2v) is 9.05. The SMILES string of the molecule is O=C(c1ccc(-n2nncc2-c2ccc(Br)cc2)cc1)N1CCN(Cc2ccccc2)CC1. The third-order valence-corrected chi connectivity index (χ3v) is 6.49. The van der Waals surface area contributed by atoms with Crippen LogP contribution in [0.5, 0.6) is 0 Å². The van der Waals surface area contributed by atoms with Crippen LogP contribution in [0, 0.1) is 0 Å². The van der Waals surface area contributed by atoms with E-state index in [4.69, 9.17) is 0 Å². The standard InChI is InChI=1S/C26H24BrN5O/c27-23-10-6-21(7-11-23)25-18-28-29-32(25)24-12-8-22(9-13-24)26(33)31-16-14-30(15-17-31)19-20-4-2-1-3-5-20/h1-13,18H,14-17,19H2. The molecule has 0 saturated carbocycles. The molecule has 6 nitrogen and oxygen atoms in total. The highest BCUT2D eigenvalue weighted by Gasteiger charge is 2.22. The van der Waals surface area contributed by atoms with Gasteiger partial charge in [0.1, 0.15) is 0 Å². The van der Waals surface area contributed by atoms with E-state index in [1.54, 1.807) is 10.9 Å². The van der Waals surface area contributed by atoms with Crippen LogP contribution in [0.4, 0.5) is 0 Å². The van der Waals surface area contributed by atoms with E-state index in [2.05, 4.69) is 55.4 Å². The van der Waals surface area contributed by atoms with Crippen LogP contribution < -0.4 is 0 Å². The van der Waals surface area contributed by atoms with Crippen LogP contribution in [0.15, 0.2) is 89.5 Å². The van der Waals surface area contributed by atoms with Crippen LogP contribution in [-0.4, -0.2) is 56.9 Å². The number of hydrogen-bond donors (Lipinski definition) is 0. The summed E-state index contributed by atoms with van der Waals surface area (Å²) in [6.45, 7) is 4.17. The van der Waals surface area contributed by atoms with Crippen LogP contribution in [0.1, 0.15) is 15.9 Å². The molecule has 0 unspecified atom stereocenters. The Kier molecular flexibility index (Phi) is 6.32. The lowest BCUT2D eigenvalue weighted by Crippen LogP contribution is -2.48. The summed E-state index contributed by atoms with van der Waals surface area (Å²) in [6.07, 6.45) is 1.75. The second-order valence-electron chi connectivity index (χ2n) is 8.14. The third kappa shape index (κ3) is 4.89. The molecule has 0 radical (unpaired) electrons. The molecule has 166 valence electrons. The molecule has 1 aromatic heterocycles. The molecule has 4 aromatic rings. The van der Waals surface area contributed by atoms with Gasteiger partial charge in [0.2, 0.25) is 0 Å². The van der Waals surface area contributed by atoms with Crippen molar-refractivity contribution in [2.75, 3.05) is 26.2 Å². The highest BCUT2D eigenvalue weighted by molar-refractivity contribution is 9.10. The lowest BCUT2D eigenvalue weighted by Gasteiger charge is -2.34. The average molecular weight is 502 g/mol. The second kappa shape index (κ2) is 9.68. The number of aromatic nitrogens is 3. The zero-order valence-electron chi connectivity index (χ0n) is 18.1. The molecule has 0 atom stereocenters. The van der Waals surface area contributed by atoms with Crippen molar-refractivity contribution in [2.24, 2.45) is 0 Å². The van der Waals surface area contributed by atoms with Crippen molar-refractivity contribution in [3.63, 3.8) is 0 Å². The molecular formula is C26H24BrN5O. The van der Waals surface area contributed by atoms with Crippen LogP contribution >= 0.6 is 15.9 Å². The number of amides is 1. The Morgan fingerprint density at radius 1 is 0.848 bits per heavy atom. The summed E-state index contributed by atoms with van der Waals surface area (Å²) in [6, 6.07) is 26.1. The molecule has 0 bridgehead atoms. The summed E-state index contributed by atoms with van der Waals surface area (Å²) < 4.78 is 2.81. The van der Waals surface area contributed by atoms with Crippen molar-refractivity contribution in [2.45, 2.75) is 6.54 Å². The molecule has 33 heavy (non-hydrogen) atoms. The summed E-state index contributed by atoms with van der Waals surface area (Å²) in [5.74, 6) is 0.0765. The van der Waals surface area contributed by atoms with E-state index in [1.807, 2.05) is 59.5 Å². The molecule has 0 aliphatic carbocycles. The van der Waals surface area contributed by atoms with Gasteiger partial charge in [-0.2, -0.15) is 0 Å². The lowest BCUT2D eigenvalue weighted by molar-refractivity contribution is 0.0628. The van der Waals surface area contributed by atoms with Gasteiger partial charge in [-0.25, -0.2) is 4.68 Å². The first-order valence-electron chi connectivity index (χ1n) is 11.0. The molecule has 1 fully saturated rings. The molecule has 1 aliphatic heterocycles. The zero-order chi connectivity index (χ0) is 22.6. The number of hydrogen-bond acceptors (Lipinski definition) is 4. The molecule has 0 spiro atoms. The molecule has 5 rings (SSSR count). The number of piperazine rings is 1. The number of rotatable bonds is 5. The van der Waals surface area contributed by atoms with Gasteiger partial charge in [0, 0.05) is 48.3 Å². The van der Waals surface area contributed by atoms with E-state index >= 15 is 0 Å². The van der Waals surface area contributed by atoms with E-state index in [9.17, 15) is 4.79 Å². The number of benzene rings is 3. The van der Waals surface area contributed by atoms with Gasteiger partial charge in [-0.15, -0.1) is 5.10 Å². The average Bonchev–Trinajstić information content (AvgIpc) is 3.35. The largest absolute Gasteiger partial charge is 0.336 e. The van der Waals surface area contributed by atoms with Gasteiger partial charge in [0.25, 0.3) is 5.91 Å². The van der Waals surface area contributed by atoms with Crippen molar-refractivity contribution < 1.29 is 4.79 Å². The van der Waals surface area contributed by atoms with Crippen molar-refractivity contribution in [3.8, 4) is 16.9 Å². The van der Waals surface area contributed by atoms with Gasteiger partial charge in [-0.3, -0.25) is 9.69 Å². The Bertz CT molecular complexity index is 1210. The fourth-order valence-corrected chi connectivity index (χ4v) is 4.39. The van der Waals surface area contributed by atoms with Gasteiger partial charge in [0.15, 0.2) is 0 Å². The molecular weight excluding hydrogens is 478 g/mol. The van der Waals surface area contributed by atoms with E-state index in [0.717, 1.165) is 54.1 Å². The smallest absolute Gasteiger partial charge is 0.253 e. The Balaban J connectivity index is 1.24. The summed E-state index contributed by atoms with van der Waals surface area (Å²) in [5, 5.41) is 8.33. The summed E-state index contributed by atoms with van der Waals surface area (Å²) in [5.41, 5.74) is 4.80. The highest BCUT2D eigenvalue weighted by Crippen LogP contribution is 2.24. The van der Waals surface area contributed by atoms with Gasteiger partial charge < -0.3 is 4.90 Å². The van der Waals surface area contributed by atoms with Crippen LogP contribution in [-0.2, 0) is 6.54 Å². The molecule has 7 heteroatoms. The Morgan fingerprint density at radius 3 is 2.24 bits per heavy atom. The molecule has 1 aliphatic rings. The van der Waals surface area contributed by atoms with Crippen LogP contribution in [0.2, 0.25) is 0 Å². The van der Waals surface area contributed by atoms with Crippen molar-refractivity contribution in [3.05, 3.63) is 101 Å². The van der Waals surface area contributed by atoms with Crippen LogP contribution in [0.25, 0.3) is 16.9 Å². The molecule has 2 heterocycles. The van der Waals surface area contributed by atoms with E-state index in [-0.39, 0.29) is 5.91 Å². The Hall–Kier alpha value is -3.29. The van der Waals surface area contributed by atoms with Crippen molar-refractivity contribution in [1.82, 2.24) is 24.8 Å². The summed E-state index contributed by atoms with van der Waals surface area (Å²) in [7, 11) is 0. The molecule has 1 saturated heterocycles. The number of nitrogens with zero attached hydrogens (tertiary/aromatic N) is 5. The summed E-state index contributed by atoms with van der Waals surface area (Å²) in [4.78, 5) is 17.4. The Labute approximate surface area is 201 Å². The zero-order valence-corrected chi connectivity index (χ0v) is 19.7. The van der Waals surface area contributed by atoms with Gasteiger partial charge in [-0.05, 0) is 42.0 Å². The maximum absolute atomic E-state index is 13.1. The number of halogens is 1. The van der Waals surface area contributed by atoms with Gasteiger partial charge >= 0.3 is 0 Å². The van der Waals surface area contributed by atoms with Gasteiger partial charge in [0.05, 0.1) is 17.6 Å². The molecule has 3 aromatic carbocycles. The van der Waals surface area contributed by atoms with E-state index in [0.29, 0.717) is 5.56 Å². The predicted molar refractivity (Wildman–Crippen MR) is 132 cm³/mol. The molecule has 1 amide bonds. The first-order valence-corrected chi connectivity index (χ1v) is 11.8. The van der Waals surface area contributed by atoms with Gasteiger partial charge in [-0.1, -0.05) is 63.6 Å². The highest BCUT2D eigenvalue weighted by atomic mass is 79.9. The minimum atomic E-state index is 0.0765. The molecule has 0 N–H and O–H groups in total. The summed E-state index contributed by atoms with van der Waals surface area (Å²) >= 11 is 3.47. The van der Waals surface area contributed by atoms with Crippen LogP contribution in [0.3, 0.4) is 0 Å². The lowest BCUT2D eigenvalue weighted by atomic mass is 10.1. The quantitative estimate of drug-likeness (QED) is 0.399. The topological polar surface area (TPSA) is 54.3 Å². The predicted octanol–water partition coefficient (Wildman–Crippen LogP) is 4.65. The van der Waals surface area contributed by atoms with E-state index < -0.39 is 0 Å². The number of carbonyl (C=O) groups is 1. The fraction of sp³-hybridized carbons (Fsp3) is 0.192. The Morgan fingerprint density at radius 2 is 1.55 bits per heavy atom. The third-order valence-electron chi connectivity index (χ3n) is 5.96. The van der Waals surface area contributed by atoms with Crippen molar-refractivity contribution in [1.29, 1.82) is 0 Å².